The molecule has 1 aliphatic heterocycles. The van der Waals surface area contributed by atoms with E-state index in [0.717, 1.165) is 4.88 Å². The number of thioether (sulfide) groups is 1. The average Bonchev–Trinajstić information content (AvgIpc) is 3.38. The normalized spacial score (nSPS) is 14.7. The smallest absolute Gasteiger partial charge is 0.282 e. The molecule has 3 aromatic rings. The highest BCUT2D eigenvalue weighted by Crippen LogP contribution is 2.51. The van der Waals surface area contributed by atoms with Gasteiger partial charge < -0.3 is 5.32 Å². The maximum atomic E-state index is 12.2. The standard InChI is InChI=1S/C15H9ClN6OS3/c16-10-6-7-24-12(10)15(19-21-22-20-15)26-14-17-8-11(25-14)18-13(23)9-4-2-1-3-5-9/h1-8H,(H,18,23). The van der Waals surface area contributed by atoms with E-state index in [9.17, 15) is 4.79 Å². The molecule has 0 fully saturated rings. The van der Waals surface area contributed by atoms with Crippen LogP contribution in [-0.4, -0.2) is 10.9 Å². The van der Waals surface area contributed by atoms with Crippen molar-refractivity contribution in [3.05, 3.63) is 63.4 Å². The second kappa shape index (κ2) is 7.23. The van der Waals surface area contributed by atoms with E-state index in [1.54, 1.807) is 24.4 Å². The number of thiazole rings is 1. The molecule has 1 amide bonds. The molecule has 0 saturated carbocycles. The number of rotatable bonds is 5. The van der Waals surface area contributed by atoms with E-state index in [2.05, 4.69) is 31.0 Å². The summed E-state index contributed by atoms with van der Waals surface area (Å²) in [5.41, 5.74) is 0.579. The molecule has 0 aliphatic carbocycles. The van der Waals surface area contributed by atoms with E-state index >= 15 is 0 Å². The van der Waals surface area contributed by atoms with E-state index in [4.69, 9.17) is 11.6 Å². The molecule has 130 valence electrons. The van der Waals surface area contributed by atoms with E-state index < -0.39 is 4.99 Å². The van der Waals surface area contributed by atoms with E-state index in [-0.39, 0.29) is 5.91 Å². The van der Waals surface area contributed by atoms with Crippen LogP contribution in [0, 0.1) is 0 Å². The Balaban J connectivity index is 1.53. The largest absolute Gasteiger partial charge is 0.312 e. The number of benzene rings is 1. The molecule has 1 aromatic carbocycles. The van der Waals surface area contributed by atoms with E-state index in [1.807, 2.05) is 23.6 Å². The number of anilines is 1. The van der Waals surface area contributed by atoms with Crippen LogP contribution in [0.25, 0.3) is 0 Å². The van der Waals surface area contributed by atoms with Gasteiger partial charge in [0.15, 0.2) is 4.34 Å². The first-order chi connectivity index (χ1) is 12.7. The summed E-state index contributed by atoms with van der Waals surface area (Å²) in [6.07, 6.45) is 1.60. The first kappa shape index (κ1) is 17.3. The minimum atomic E-state index is -1.07. The van der Waals surface area contributed by atoms with Gasteiger partial charge in [-0.15, -0.1) is 21.6 Å². The number of nitrogens with one attached hydrogen (secondary N) is 1. The molecule has 1 N–H and O–H groups in total. The fourth-order valence-corrected chi connectivity index (χ4v) is 5.66. The molecule has 0 bridgehead atoms. The molecule has 4 rings (SSSR count). The SMILES string of the molecule is O=C(Nc1cnc(SC2(c3sccc3Cl)N=NN=N2)s1)c1ccccc1. The van der Waals surface area contributed by atoms with Gasteiger partial charge in [-0.1, -0.05) is 41.1 Å². The van der Waals surface area contributed by atoms with Gasteiger partial charge in [-0.2, -0.15) is 0 Å². The van der Waals surface area contributed by atoms with Crippen molar-refractivity contribution in [2.24, 2.45) is 20.7 Å². The van der Waals surface area contributed by atoms with Gasteiger partial charge in [0.1, 0.15) is 5.00 Å². The first-order valence-electron chi connectivity index (χ1n) is 7.25. The number of carbonyl (C=O) groups excluding carboxylic acids is 1. The van der Waals surface area contributed by atoms with Crippen LogP contribution in [0.4, 0.5) is 5.00 Å². The Hall–Kier alpha value is -2.14. The summed E-state index contributed by atoms with van der Waals surface area (Å²) >= 11 is 10.3. The molecule has 0 saturated heterocycles. The Morgan fingerprint density at radius 3 is 2.62 bits per heavy atom. The van der Waals surface area contributed by atoms with Crippen molar-refractivity contribution < 1.29 is 4.79 Å². The lowest BCUT2D eigenvalue weighted by atomic mass is 10.2. The third-order valence-electron chi connectivity index (χ3n) is 3.30. The monoisotopic (exact) mass is 420 g/mol. The van der Waals surface area contributed by atoms with Crippen LogP contribution >= 0.6 is 46.0 Å². The Morgan fingerprint density at radius 1 is 1.15 bits per heavy atom. The summed E-state index contributed by atoms with van der Waals surface area (Å²) in [4.78, 5) is 16.2. The average molecular weight is 421 g/mol. The Kier molecular flexibility index (Phi) is 4.81. The molecule has 0 spiro atoms. The second-order valence-electron chi connectivity index (χ2n) is 5.00. The van der Waals surface area contributed by atoms with Crippen molar-refractivity contribution >= 4 is 56.9 Å². The fourth-order valence-electron chi connectivity index (χ4n) is 2.14. The number of hydrogen-bond donors (Lipinski definition) is 1. The van der Waals surface area contributed by atoms with Crippen LogP contribution in [0.3, 0.4) is 0 Å². The Morgan fingerprint density at radius 2 is 1.92 bits per heavy atom. The number of nitrogens with zero attached hydrogens (tertiary/aromatic N) is 5. The summed E-state index contributed by atoms with van der Waals surface area (Å²) in [6, 6.07) is 10.8. The zero-order valence-corrected chi connectivity index (χ0v) is 16.1. The lowest BCUT2D eigenvalue weighted by Gasteiger charge is -2.16. The zero-order valence-electron chi connectivity index (χ0n) is 12.9. The second-order valence-corrected chi connectivity index (χ2v) is 8.77. The van der Waals surface area contributed by atoms with Gasteiger partial charge in [-0.3, -0.25) is 4.79 Å². The van der Waals surface area contributed by atoms with Gasteiger partial charge >= 0.3 is 0 Å². The molecule has 0 radical (unpaired) electrons. The molecule has 1 aliphatic rings. The number of thiophene rings is 1. The molecule has 3 heterocycles. The third kappa shape index (κ3) is 3.40. The van der Waals surface area contributed by atoms with E-state index in [0.29, 0.717) is 19.9 Å². The van der Waals surface area contributed by atoms with Crippen LogP contribution in [-0.2, 0) is 4.99 Å². The molecule has 0 unspecified atom stereocenters. The lowest BCUT2D eigenvalue weighted by molar-refractivity contribution is 0.102. The van der Waals surface area contributed by atoms with E-state index in [1.165, 1.54) is 34.4 Å². The maximum absolute atomic E-state index is 12.2. The zero-order chi connectivity index (χ0) is 18.0. The Labute approximate surface area is 165 Å². The number of hydrogen-bond acceptors (Lipinski definition) is 9. The van der Waals surface area contributed by atoms with Crippen LogP contribution in [0.15, 0.2) is 73.0 Å². The highest BCUT2D eigenvalue weighted by Gasteiger charge is 2.41. The van der Waals surface area contributed by atoms with Gasteiger partial charge in [-0.05, 0) is 45.8 Å². The number of halogens is 1. The maximum Gasteiger partial charge on any atom is 0.282 e. The summed E-state index contributed by atoms with van der Waals surface area (Å²) in [5.74, 6) is -0.193. The molecular weight excluding hydrogens is 412 g/mol. The van der Waals surface area contributed by atoms with Gasteiger partial charge in [-0.25, -0.2) is 4.98 Å². The molecule has 2 aromatic heterocycles. The van der Waals surface area contributed by atoms with Crippen molar-refractivity contribution in [2.45, 2.75) is 9.33 Å². The quantitative estimate of drug-likeness (QED) is 0.561. The number of amides is 1. The van der Waals surface area contributed by atoms with Crippen molar-refractivity contribution in [2.75, 3.05) is 5.32 Å². The lowest BCUT2D eigenvalue weighted by Crippen LogP contribution is -2.11. The molecule has 7 nitrogen and oxygen atoms in total. The molecule has 11 heteroatoms. The summed E-state index contributed by atoms with van der Waals surface area (Å²) < 4.78 is 0.664. The Bertz CT molecular complexity index is 988. The van der Waals surface area contributed by atoms with Crippen molar-refractivity contribution in [3.8, 4) is 0 Å². The summed E-state index contributed by atoms with van der Waals surface area (Å²) in [5, 5.41) is 21.4. The van der Waals surface area contributed by atoms with Gasteiger partial charge in [0.25, 0.3) is 10.9 Å². The third-order valence-corrected chi connectivity index (χ3v) is 7.01. The minimum Gasteiger partial charge on any atom is -0.312 e. The highest BCUT2D eigenvalue weighted by atomic mass is 35.5. The highest BCUT2D eigenvalue weighted by molar-refractivity contribution is 8.02. The predicted molar refractivity (Wildman–Crippen MR) is 103 cm³/mol. The van der Waals surface area contributed by atoms with Gasteiger partial charge in [0, 0.05) is 5.56 Å². The van der Waals surface area contributed by atoms with Crippen molar-refractivity contribution in [1.29, 1.82) is 0 Å². The van der Waals surface area contributed by atoms with Crippen LogP contribution in [0.2, 0.25) is 5.02 Å². The molecular formula is C15H9ClN6OS3. The molecule has 0 atom stereocenters. The summed E-state index contributed by atoms with van der Waals surface area (Å²) in [7, 11) is 0. The minimum absolute atomic E-state index is 0.193. The fraction of sp³-hybridized carbons (Fsp3) is 0.0667. The van der Waals surface area contributed by atoms with Crippen LogP contribution < -0.4 is 5.32 Å². The summed E-state index contributed by atoms with van der Waals surface area (Å²) in [6.45, 7) is 0. The predicted octanol–water partition coefficient (Wildman–Crippen LogP) is 5.85. The van der Waals surface area contributed by atoms with Gasteiger partial charge in [0.05, 0.1) is 16.1 Å². The van der Waals surface area contributed by atoms with Crippen LogP contribution in [0.5, 0.6) is 0 Å². The number of aromatic nitrogens is 1. The van der Waals surface area contributed by atoms with Gasteiger partial charge in [0.2, 0.25) is 0 Å². The molecule has 26 heavy (non-hydrogen) atoms. The van der Waals surface area contributed by atoms with Crippen molar-refractivity contribution in [1.82, 2.24) is 4.98 Å². The number of carbonyl (C=O) groups is 1. The first-order valence-corrected chi connectivity index (χ1v) is 10.1. The topological polar surface area (TPSA) is 91.4 Å². The van der Waals surface area contributed by atoms with Crippen LogP contribution in [0.1, 0.15) is 15.2 Å². The van der Waals surface area contributed by atoms with Crippen molar-refractivity contribution in [3.63, 3.8) is 0 Å².